The van der Waals surface area contributed by atoms with Gasteiger partial charge in [-0.1, -0.05) is 36.0 Å². The first-order valence-corrected chi connectivity index (χ1v) is 10.1. The van der Waals surface area contributed by atoms with Gasteiger partial charge in [-0.05, 0) is 30.9 Å². The van der Waals surface area contributed by atoms with Crippen molar-refractivity contribution in [2.45, 2.75) is 43.9 Å². The molecular formula is C21H24ClFN2O2S. The van der Waals surface area contributed by atoms with E-state index in [2.05, 4.69) is 6.07 Å². The first kappa shape index (κ1) is 22.6. The smallest absolute Gasteiger partial charge is 0.186 e. The highest BCUT2D eigenvalue weighted by Crippen LogP contribution is 2.40. The number of benzene rings is 1. The maximum atomic E-state index is 14.5. The molecule has 1 saturated heterocycles. The van der Waals surface area contributed by atoms with Crippen LogP contribution in [-0.2, 0) is 9.59 Å². The average molecular weight is 423 g/mol. The number of nitrogens with zero attached hydrogens (tertiary/aromatic N) is 2. The molecule has 1 saturated carbocycles. The Bertz CT molecular complexity index is 804. The molecule has 1 aliphatic heterocycles. The van der Waals surface area contributed by atoms with Crippen molar-refractivity contribution in [2.24, 2.45) is 5.92 Å². The number of piperidine rings is 1. The Morgan fingerprint density at radius 3 is 2.68 bits per heavy atom. The molecule has 1 heterocycles. The minimum Gasteiger partial charge on any atom is -0.297 e. The molecular weight excluding hydrogens is 399 g/mol. The Labute approximate surface area is 175 Å². The van der Waals surface area contributed by atoms with Crippen LogP contribution in [0, 0.1) is 23.1 Å². The molecule has 1 aromatic carbocycles. The summed E-state index contributed by atoms with van der Waals surface area (Å²) in [6.07, 6.45) is 4.56. The predicted octanol–water partition coefficient (Wildman–Crippen LogP) is 4.46. The average Bonchev–Trinajstić information content (AvgIpc) is 3.48. The lowest BCUT2D eigenvalue weighted by Crippen LogP contribution is -2.43. The van der Waals surface area contributed by atoms with Crippen molar-refractivity contribution in [3.05, 3.63) is 47.3 Å². The Hall–Kier alpha value is -1.68. The third kappa shape index (κ3) is 5.44. The summed E-state index contributed by atoms with van der Waals surface area (Å²) >= 11 is 1.27. The number of halogens is 2. The molecule has 0 amide bonds. The van der Waals surface area contributed by atoms with Crippen molar-refractivity contribution in [2.75, 3.05) is 13.1 Å². The fourth-order valence-electron chi connectivity index (χ4n) is 3.63. The predicted molar refractivity (Wildman–Crippen MR) is 111 cm³/mol. The lowest BCUT2D eigenvalue weighted by atomic mass is 9.93. The number of thioether (sulfide) groups is 1. The second kappa shape index (κ2) is 10.2. The van der Waals surface area contributed by atoms with Gasteiger partial charge in [-0.3, -0.25) is 14.5 Å². The maximum absolute atomic E-state index is 14.5. The van der Waals surface area contributed by atoms with Crippen molar-refractivity contribution in [3.63, 3.8) is 0 Å². The largest absolute Gasteiger partial charge is 0.297 e. The van der Waals surface area contributed by atoms with Gasteiger partial charge in [-0.15, -0.1) is 12.4 Å². The van der Waals surface area contributed by atoms with Crippen LogP contribution in [0.3, 0.4) is 0 Å². The van der Waals surface area contributed by atoms with E-state index in [1.807, 2.05) is 11.0 Å². The monoisotopic (exact) mass is 422 g/mol. The quantitative estimate of drug-likeness (QED) is 0.633. The minimum atomic E-state index is -0.604. The van der Waals surface area contributed by atoms with Crippen LogP contribution in [0.4, 0.5) is 4.39 Å². The summed E-state index contributed by atoms with van der Waals surface area (Å²) in [7, 11) is 0. The number of nitriles is 1. The van der Waals surface area contributed by atoms with Crippen molar-refractivity contribution in [3.8, 4) is 6.07 Å². The maximum Gasteiger partial charge on any atom is 0.186 e. The van der Waals surface area contributed by atoms with Crippen molar-refractivity contribution in [1.29, 1.82) is 5.26 Å². The van der Waals surface area contributed by atoms with E-state index in [4.69, 9.17) is 5.26 Å². The number of carbonyl (C=O) groups is 2. The molecule has 2 fully saturated rings. The Balaban J connectivity index is 0.00000280. The van der Waals surface area contributed by atoms with Crippen LogP contribution in [0.1, 0.15) is 44.2 Å². The van der Waals surface area contributed by atoms with Crippen LogP contribution in [0.5, 0.6) is 0 Å². The highest BCUT2D eigenvalue weighted by Gasteiger charge is 2.41. The standard InChI is InChI=1S/C21H23FN2O2S.ClH/c1-14(25)27-19-10-12-24(13-16(19)5-4-11-23)20(21(26)15-8-9-15)17-6-2-3-7-18(17)22;/h2-3,5-7,15,19-20H,4,8-10,12-13H2,1H3;1H/b16-5+;. The molecule has 3 rings (SSSR count). The van der Waals surface area contributed by atoms with E-state index in [0.717, 1.165) is 18.4 Å². The van der Waals surface area contributed by atoms with Crippen LogP contribution in [0.2, 0.25) is 0 Å². The molecule has 0 N–H and O–H groups in total. The number of likely N-dealkylation sites (tertiary alicyclic amines) is 1. The number of allylic oxidation sites excluding steroid dienone is 1. The fraction of sp³-hybridized carbons (Fsp3) is 0.476. The van der Waals surface area contributed by atoms with E-state index in [1.54, 1.807) is 18.2 Å². The molecule has 0 spiro atoms. The second-order valence-electron chi connectivity index (χ2n) is 7.10. The van der Waals surface area contributed by atoms with Gasteiger partial charge in [0.1, 0.15) is 5.82 Å². The van der Waals surface area contributed by atoms with E-state index >= 15 is 0 Å². The number of rotatable bonds is 6. The van der Waals surface area contributed by atoms with Gasteiger partial charge < -0.3 is 0 Å². The molecule has 2 atom stereocenters. The number of hydrogen-bond donors (Lipinski definition) is 0. The minimum absolute atomic E-state index is 0. The van der Waals surface area contributed by atoms with Gasteiger partial charge in [0.2, 0.25) is 0 Å². The fourth-order valence-corrected chi connectivity index (χ4v) is 4.58. The number of ketones is 1. The Kier molecular flexibility index (Phi) is 8.23. The molecule has 1 aromatic rings. The van der Waals surface area contributed by atoms with E-state index in [-0.39, 0.29) is 46.7 Å². The zero-order valence-electron chi connectivity index (χ0n) is 15.8. The molecule has 2 unspecified atom stereocenters. The van der Waals surface area contributed by atoms with Crippen LogP contribution in [-0.4, -0.2) is 34.1 Å². The number of Topliss-reactive ketones (excluding diaryl/α,β-unsaturated/α-hetero) is 1. The molecule has 4 nitrogen and oxygen atoms in total. The van der Waals surface area contributed by atoms with E-state index in [1.165, 1.54) is 24.8 Å². The van der Waals surface area contributed by atoms with Gasteiger partial charge >= 0.3 is 0 Å². The molecule has 0 aromatic heterocycles. The van der Waals surface area contributed by atoms with Gasteiger partial charge in [-0.25, -0.2) is 4.39 Å². The molecule has 28 heavy (non-hydrogen) atoms. The van der Waals surface area contributed by atoms with Crippen LogP contribution in [0.15, 0.2) is 35.9 Å². The SMILES string of the molecule is CC(=O)SC1CCN(C(C(=O)C2CC2)c2ccccc2F)C/C1=C\CC#N.Cl. The summed E-state index contributed by atoms with van der Waals surface area (Å²) in [5, 5.41) is 8.99. The molecule has 2 aliphatic rings. The molecule has 7 heteroatoms. The van der Waals surface area contributed by atoms with Gasteiger partial charge in [0.25, 0.3) is 0 Å². The zero-order chi connectivity index (χ0) is 19.4. The summed E-state index contributed by atoms with van der Waals surface area (Å²) in [5.74, 6) is -0.262. The third-order valence-electron chi connectivity index (χ3n) is 5.06. The topological polar surface area (TPSA) is 61.2 Å². The Morgan fingerprint density at radius 1 is 1.36 bits per heavy atom. The lowest BCUT2D eigenvalue weighted by molar-refractivity contribution is -0.126. The van der Waals surface area contributed by atoms with Gasteiger partial charge in [0.15, 0.2) is 10.9 Å². The number of hydrogen-bond acceptors (Lipinski definition) is 5. The molecule has 1 aliphatic carbocycles. The Morgan fingerprint density at radius 2 is 2.07 bits per heavy atom. The normalized spacial score (nSPS) is 22.2. The summed E-state index contributed by atoms with van der Waals surface area (Å²) in [4.78, 5) is 26.6. The first-order chi connectivity index (χ1) is 13.0. The summed E-state index contributed by atoms with van der Waals surface area (Å²) in [6.45, 7) is 2.63. The second-order valence-corrected chi connectivity index (χ2v) is 8.48. The van der Waals surface area contributed by atoms with E-state index < -0.39 is 6.04 Å². The molecule has 150 valence electrons. The van der Waals surface area contributed by atoms with Crippen molar-refractivity contribution < 1.29 is 14.0 Å². The first-order valence-electron chi connectivity index (χ1n) is 9.26. The van der Waals surface area contributed by atoms with Gasteiger partial charge in [-0.2, -0.15) is 5.26 Å². The summed E-state index contributed by atoms with van der Waals surface area (Å²) in [6, 6.07) is 7.98. The van der Waals surface area contributed by atoms with Gasteiger partial charge in [0, 0.05) is 36.7 Å². The third-order valence-corrected chi connectivity index (χ3v) is 6.21. The summed E-state index contributed by atoms with van der Waals surface area (Å²) in [5.41, 5.74) is 1.40. The zero-order valence-corrected chi connectivity index (χ0v) is 17.4. The van der Waals surface area contributed by atoms with E-state index in [0.29, 0.717) is 25.1 Å². The lowest BCUT2D eigenvalue weighted by Gasteiger charge is -2.38. The number of carbonyl (C=O) groups excluding carboxylic acids is 2. The molecule has 0 bridgehead atoms. The summed E-state index contributed by atoms with van der Waals surface area (Å²) < 4.78 is 14.5. The van der Waals surface area contributed by atoms with Crippen molar-refractivity contribution >= 4 is 35.1 Å². The van der Waals surface area contributed by atoms with Gasteiger partial charge in [0.05, 0.1) is 18.5 Å². The van der Waals surface area contributed by atoms with E-state index in [9.17, 15) is 14.0 Å². The highest BCUT2D eigenvalue weighted by molar-refractivity contribution is 8.14. The van der Waals surface area contributed by atoms with Crippen LogP contribution in [0.25, 0.3) is 0 Å². The van der Waals surface area contributed by atoms with Crippen molar-refractivity contribution in [1.82, 2.24) is 4.90 Å². The van der Waals surface area contributed by atoms with Crippen LogP contribution < -0.4 is 0 Å². The van der Waals surface area contributed by atoms with Crippen LogP contribution >= 0.6 is 24.2 Å². The molecule has 0 radical (unpaired) electrons. The highest BCUT2D eigenvalue weighted by atomic mass is 35.5.